The van der Waals surface area contributed by atoms with Crippen molar-refractivity contribution in [2.24, 2.45) is 0 Å². The first-order chi connectivity index (χ1) is 18.5. The van der Waals surface area contributed by atoms with E-state index in [1.165, 1.54) is 0 Å². The van der Waals surface area contributed by atoms with Gasteiger partial charge in [0, 0.05) is 17.2 Å². The monoisotopic (exact) mass is 546 g/mol. The molecule has 0 bridgehead atoms. The fourth-order valence-electron chi connectivity index (χ4n) is 4.49. The van der Waals surface area contributed by atoms with Gasteiger partial charge >= 0.3 is 0 Å². The van der Waals surface area contributed by atoms with E-state index < -0.39 is 0 Å². The van der Waals surface area contributed by atoms with Gasteiger partial charge in [-0.05, 0) is 60.0 Å². The van der Waals surface area contributed by atoms with Gasteiger partial charge in [0.1, 0.15) is 18.1 Å². The van der Waals surface area contributed by atoms with Gasteiger partial charge in [-0.1, -0.05) is 37.3 Å². The largest absolute Gasteiger partial charge is 0.497 e. The number of carbonyl (C=O) groups excluding carboxylic acids is 2. The van der Waals surface area contributed by atoms with Crippen molar-refractivity contribution in [3.05, 3.63) is 82.6 Å². The van der Waals surface area contributed by atoms with Crippen LogP contribution in [0.25, 0.3) is 16.9 Å². The highest BCUT2D eigenvalue weighted by Gasteiger charge is 2.37. The van der Waals surface area contributed by atoms with E-state index in [-0.39, 0.29) is 35.4 Å². The van der Waals surface area contributed by atoms with Crippen LogP contribution in [0.15, 0.2) is 71.4 Å². The van der Waals surface area contributed by atoms with Gasteiger partial charge in [-0.15, -0.1) is 11.8 Å². The number of amides is 2. The van der Waals surface area contributed by atoms with Crippen LogP contribution in [0.3, 0.4) is 0 Å². The molecule has 1 N–H and O–H groups in total. The summed E-state index contributed by atoms with van der Waals surface area (Å²) in [4.78, 5) is 28.4. The molecule has 0 spiro atoms. The van der Waals surface area contributed by atoms with Crippen LogP contribution in [-0.4, -0.2) is 47.0 Å². The maximum Gasteiger partial charge on any atom is 0.240 e. The number of anilines is 1. The van der Waals surface area contributed by atoms with E-state index in [0.29, 0.717) is 5.82 Å². The molecule has 2 aromatic heterocycles. The lowest BCUT2D eigenvalue weighted by molar-refractivity contribution is -0.123. The Morgan fingerprint density at radius 3 is 2.58 bits per heavy atom. The normalized spacial score (nSPS) is 16.0. The van der Waals surface area contributed by atoms with Crippen LogP contribution in [0, 0.1) is 0 Å². The number of nitrogens with zero attached hydrogens (tertiary/aromatic N) is 3. The minimum Gasteiger partial charge on any atom is -0.497 e. The van der Waals surface area contributed by atoms with Gasteiger partial charge in [-0.3, -0.25) is 14.5 Å². The molecule has 0 saturated carbocycles. The average Bonchev–Trinajstić information content (AvgIpc) is 3.59. The molecule has 196 valence electrons. The van der Waals surface area contributed by atoms with Crippen molar-refractivity contribution in [3.63, 3.8) is 0 Å². The fourth-order valence-corrected chi connectivity index (χ4v) is 6.45. The number of hydrogen-bond donors (Lipinski definition) is 1. The molecular weight excluding hydrogens is 516 g/mol. The van der Waals surface area contributed by atoms with Crippen molar-refractivity contribution >= 4 is 40.7 Å². The fraction of sp³-hybridized carbons (Fsp3) is 0.276. The Kier molecular flexibility index (Phi) is 7.85. The topological polar surface area (TPSA) is 76.5 Å². The van der Waals surface area contributed by atoms with E-state index in [2.05, 4.69) is 22.1 Å². The maximum atomic E-state index is 13.7. The van der Waals surface area contributed by atoms with Gasteiger partial charge < -0.3 is 10.1 Å². The van der Waals surface area contributed by atoms with Crippen LogP contribution in [-0.2, 0) is 9.59 Å². The van der Waals surface area contributed by atoms with Gasteiger partial charge in [0.05, 0.1) is 29.5 Å². The summed E-state index contributed by atoms with van der Waals surface area (Å²) < 4.78 is 7.17. The molecule has 0 fully saturated rings. The van der Waals surface area contributed by atoms with E-state index >= 15 is 0 Å². The zero-order chi connectivity index (χ0) is 26.6. The number of rotatable bonds is 8. The van der Waals surface area contributed by atoms with E-state index in [1.807, 2.05) is 68.4 Å². The number of nitrogens with one attached hydrogen (secondary N) is 1. The van der Waals surface area contributed by atoms with E-state index in [4.69, 9.17) is 9.84 Å². The van der Waals surface area contributed by atoms with Crippen LogP contribution in [0.1, 0.15) is 36.6 Å². The molecule has 0 unspecified atom stereocenters. The Morgan fingerprint density at radius 2 is 1.92 bits per heavy atom. The zero-order valence-electron chi connectivity index (χ0n) is 21.6. The summed E-state index contributed by atoms with van der Waals surface area (Å²) in [5.41, 5.74) is 4.57. The lowest BCUT2D eigenvalue weighted by atomic mass is 10.0. The molecule has 2 aromatic carbocycles. The molecule has 0 aliphatic carbocycles. The SMILES string of the molecule is CC[C@@H](C)NC(=O)CN1C(=O)CS[C@H](c2ccsc2)c2c(-c3ccccc3)nn(-c3ccc(OC)cc3)c21. The minimum atomic E-state index is -0.193. The molecule has 2 amide bonds. The van der Waals surface area contributed by atoms with Crippen LogP contribution >= 0.6 is 23.1 Å². The second-order valence-corrected chi connectivity index (χ2v) is 11.0. The van der Waals surface area contributed by atoms with E-state index in [0.717, 1.165) is 40.2 Å². The van der Waals surface area contributed by atoms with Crippen molar-refractivity contribution in [2.45, 2.75) is 31.6 Å². The number of hydrogen-bond acceptors (Lipinski definition) is 6. The van der Waals surface area contributed by atoms with Gasteiger partial charge in [0.25, 0.3) is 0 Å². The number of ether oxygens (including phenoxy) is 1. The highest BCUT2D eigenvalue weighted by molar-refractivity contribution is 8.00. The first kappa shape index (κ1) is 26.1. The van der Waals surface area contributed by atoms with Gasteiger partial charge in [-0.25, -0.2) is 4.68 Å². The summed E-state index contributed by atoms with van der Waals surface area (Å²) in [6, 6.07) is 19.7. The molecule has 9 heteroatoms. The van der Waals surface area contributed by atoms with Crippen LogP contribution in [0.2, 0.25) is 0 Å². The second-order valence-electron chi connectivity index (χ2n) is 9.17. The standard InChI is InChI=1S/C29H30N4O3S2/c1-4-19(2)30-24(34)16-32-25(35)18-38-28(21-14-15-37-17-21)26-27(20-8-6-5-7-9-20)31-33(29(26)32)22-10-12-23(36-3)13-11-22/h5-15,17,19,28H,4,16,18H2,1-3H3,(H,30,34)/t19-,28-/m1/s1. The van der Waals surface area contributed by atoms with Crippen molar-refractivity contribution in [1.82, 2.24) is 15.1 Å². The molecule has 5 rings (SSSR count). The lowest BCUT2D eigenvalue weighted by Crippen LogP contribution is -2.44. The Labute approximate surface area is 230 Å². The van der Waals surface area contributed by atoms with Crippen molar-refractivity contribution in [3.8, 4) is 22.7 Å². The number of aromatic nitrogens is 2. The lowest BCUT2D eigenvalue weighted by Gasteiger charge is -2.24. The Balaban J connectivity index is 1.75. The summed E-state index contributed by atoms with van der Waals surface area (Å²) in [7, 11) is 1.63. The number of thioether (sulfide) groups is 1. The minimum absolute atomic E-state index is 0.0170. The smallest absolute Gasteiger partial charge is 0.240 e. The van der Waals surface area contributed by atoms with Crippen molar-refractivity contribution in [2.75, 3.05) is 24.3 Å². The maximum absolute atomic E-state index is 13.7. The predicted octanol–water partition coefficient (Wildman–Crippen LogP) is 5.69. The summed E-state index contributed by atoms with van der Waals surface area (Å²) in [6.07, 6.45) is 0.808. The van der Waals surface area contributed by atoms with Gasteiger partial charge in [0.15, 0.2) is 0 Å². The molecule has 0 radical (unpaired) electrons. The van der Waals surface area contributed by atoms with Gasteiger partial charge in [0.2, 0.25) is 11.8 Å². The molecular formula is C29H30N4O3S2. The van der Waals surface area contributed by atoms with E-state index in [9.17, 15) is 9.59 Å². The average molecular weight is 547 g/mol. The molecule has 38 heavy (non-hydrogen) atoms. The Morgan fingerprint density at radius 1 is 1.16 bits per heavy atom. The summed E-state index contributed by atoms with van der Waals surface area (Å²) in [6.45, 7) is 3.90. The number of carbonyl (C=O) groups is 2. The number of benzene rings is 2. The zero-order valence-corrected chi connectivity index (χ0v) is 23.2. The first-order valence-corrected chi connectivity index (χ1v) is 14.6. The molecule has 4 aromatic rings. The molecule has 7 nitrogen and oxygen atoms in total. The van der Waals surface area contributed by atoms with E-state index in [1.54, 1.807) is 39.8 Å². The quantitative estimate of drug-likeness (QED) is 0.307. The number of thiophene rings is 1. The Bertz CT molecular complexity index is 1400. The first-order valence-electron chi connectivity index (χ1n) is 12.6. The summed E-state index contributed by atoms with van der Waals surface area (Å²) >= 11 is 3.20. The highest BCUT2D eigenvalue weighted by atomic mass is 32.2. The molecule has 1 aliphatic heterocycles. The summed E-state index contributed by atoms with van der Waals surface area (Å²) in [5, 5.41) is 12.2. The third-order valence-corrected chi connectivity index (χ3v) is 8.58. The second kappa shape index (κ2) is 11.4. The van der Waals surface area contributed by atoms with Crippen molar-refractivity contribution < 1.29 is 14.3 Å². The molecule has 0 saturated heterocycles. The number of fused-ring (bicyclic) bond motifs is 1. The Hall–Kier alpha value is -3.56. The van der Waals surface area contributed by atoms with Crippen LogP contribution in [0.5, 0.6) is 5.75 Å². The third-order valence-electron chi connectivity index (χ3n) is 6.62. The van der Waals surface area contributed by atoms with Gasteiger partial charge in [-0.2, -0.15) is 16.4 Å². The third kappa shape index (κ3) is 5.21. The molecule has 3 heterocycles. The number of methoxy groups -OCH3 is 1. The predicted molar refractivity (Wildman–Crippen MR) is 154 cm³/mol. The molecule has 2 atom stereocenters. The van der Waals surface area contributed by atoms with Crippen LogP contribution < -0.4 is 15.0 Å². The molecule has 1 aliphatic rings. The summed E-state index contributed by atoms with van der Waals surface area (Å²) in [5.74, 6) is 1.29. The van der Waals surface area contributed by atoms with Crippen molar-refractivity contribution in [1.29, 1.82) is 0 Å². The van der Waals surface area contributed by atoms with Crippen LogP contribution in [0.4, 0.5) is 5.82 Å². The highest BCUT2D eigenvalue weighted by Crippen LogP contribution is 2.48.